The summed E-state index contributed by atoms with van der Waals surface area (Å²) in [6, 6.07) is 7.33. The van der Waals surface area contributed by atoms with Gasteiger partial charge in [-0.05, 0) is 29.8 Å². The van der Waals surface area contributed by atoms with Crippen molar-refractivity contribution < 1.29 is 14.6 Å². The quantitative estimate of drug-likeness (QED) is 0.649. The van der Waals surface area contributed by atoms with Crippen molar-refractivity contribution in [3.05, 3.63) is 40.9 Å². The van der Waals surface area contributed by atoms with Crippen molar-refractivity contribution in [3.63, 3.8) is 0 Å². The van der Waals surface area contributed by atoms with Crippen molar-refractivity contribution in [1.82, 2.24) is 4.98 Å². The maximum atomic E-state index is 10.5. The van der Waals surface area contributed by atoms with E-state index in [1.807, 2.05) is 24.3 Å². The van der Waals surface area contributed by atoms with Gasteiger partial charge in [-0.3, -0.25) is 5.43 Å². The van der Waals surface area contributed by atoms with Crippen molar-refractivity contribution in [2.24, 2.45) is 5.10 Å². The summed E-state index contributed by atoms with van der Waals surface area (Å²) in [6.07, 6.45) is 1.60. The van der Waals surface area contributed by atoms with Crippen molar-refractivity contribution in [3.8, 4) is 5.75 Å². The zero-order chi connectivity index (χ0) is 13.7. The number of ether oxygens (including phenoxy) is 1. The zero-order valence-corrected chi connectivity index (χ0v) is 10.8. The molecular formula is C12H10N3O3S-. The van der Waals surface area contributed by atoms with Crippen molar-refractivity contribution in [2.75, 3.05) is 12.5 Å². The van der Waals surface area contributed by atoms with Crippen LogP contribution in [-0.4, -0.2) is 24.3 Å². The number of carbonyl (C=O) groups is 1. The molecule has 0 aliphatic carbocycles. The van der Waals surface area contributed by atoms with Gasteiger partial charge in [0.15, 0.2) is 0 Å². The van der Waals surface area contributed by atoms with Crippen LogP contribution in [0.1, 0.15) is 16.1 Å². The highest BCUT2D eigenvalue weighted by Gasteiger charge is 2.00. The van der Waals surface area contributed by atoms with E-state index >= 15 is 0 Å². The molecule has 0 saturated heterocycles. The van der Waals surface area contributed by atoms with Gasteiger partial charge in [0.2, 0.25) is 5.13 Å². The Morgan fingerprint density at radius 2 is 2.21 bits per heavy atom. The summed E-state index contributed by atoms with van der Waals surface area (Å²) in [5.74, 6) is -0.535. The average molecular weight is 276 g/mol. The number of aromatic carboxylic acids is 1. The Kier molecular flexibility index (Phi) is 4.09. The maximum Gasteiger partial charge on any atom is 0.203 e. The van der Waals surface area contributed by atoms with E-state index in [1.165, 1.54) is 5.38 Å². The first-order valence-corrected chi connectivity index (χ1v) is 6.17. The van der Waals surface area contributed by atoms with Crippen LogP contribution >= 0.6 is 11.3 Å². The van der Waals surface area contributed by atoms with Gasteiger partial charge in [0, 0.05) is 5.38 Å². The van der Waals surface area contributed by atoms with Crippen LogP contribution in [0, 0.1) is 0 Å². The maximum absolute atomic E-state index is 10.5. The van der Waals surface area contributed by atoms with Crippen molar-refractivity contribution in [2.45, 2.75) is 0 Å². The summed E-state index contributed by atoms with van der Waals surface area (Å²) in [5, 5.41) is 16.3. The van der Waals surface area contributed by atoms with E-state index < -0.39 is 5.97 Å². The lowest BCUT2D eigenvalue weighted by atomic mass is 10.2. The number of hydrogen-bond acceptors (Lipinski definition) is 7. The Morgan fingerprint density at radius 3 is 2.79 bits per heavy atom. The molecule has 0 spiro atoms. The molecule has 1 heterocycles. The molecule has 0 saturated carbocycles. The Balaban J connectivity index is 1.96. The van der Waals surface area contributed by atoms with E-state index in [1.54, 1.807) is 13.3 Å². The first-order chi connectivity index (χ1) is 9.19. The number of aromatic nitrogens is 1. The minimum absolute atomic E-state index is 0.104. The lowest BCUT2D eigenvalue weighted by Crippen LogP contribution is -2.22. The highest BCUT2D eigenvalue weighted by atomic mass is 32.1. The van der Waals surface area contributed by atoms with Crippen LogP contribution in [-0.2, 0) is 0 Å². The molecule has 2 rings (SSSR count). The Bertz CT molecular complexity index is 593. The van der Waals surface area contributed by atoms with E-state index in [2.05, 4.69) is 15.5 Å². The lowest BCUT2D eigenvalue weighted by molar-refractivity contribution is -0.255. The largest absolute Gasteiger partial charge is 0.543 e. The number of thiazole rings is 1. The van der Waals surface area contributed by atoms with E-state index in [0.717, 1.165) is 22.6 Å². The number of carboxylic acids is 1. The molecule has 7 heteroatoms. The second kappa shape index (κ2) is 5.96. The topological polar surface area (TPSA) is 86.6 Å². The minimum Gasteiger partial charge on any atom is -0.543 e. The molecule has 98 valence electrons. The lowest BCUT2D eigenvalue weighted by Gasteiger charge is -1.99. The Morgan fingerprint density at radius 1 is 1.47 bits per heavy atom. The number of methoxy groups -OCH3 is 1. The third-order valence-electron chi connectivity index (χ3n) is 2.20. The van der Waals surface area contributed by atoms with Gasteiger partial charge in [-0.15, -0.1) is 11.3 Å². The molecule has 1 aromatic heterocycles. The summed E-state index contributed by atoms with van der Waals surface area (Å²) in [5.41, 5.74) is 3.43. The second-order valence-corrected chi connectivity index (χ2v) is 4.33. The fraction of sp³-hybridized carbons (Fsp3) is 0.0833. The summed E-state index contributed by atoms with van der Waals surface area (Å²) in [4.78, 5) is 14.3. The standard InChI is InChI=1S/C12H11N3O3S/c1-18-9-4-2-8(3-5-9)6-13-15-12-14-10(7-19-12)11(16)17/h2-7H,1H3,(H,14,15)(H,16,17)/p-1/b13-6-. The van der Waals surface area contributed by atoms with Crippen LogP contribution in [0.3, 0.4) is 0 Å². The fourth-order valence-corrected chi connectivity index (χ4v) is 1.90. The van der Waals surface area contributed by atoms with Crippen LogP contribution in [0.5, 0.6) is 5.75 Å². The molecule has 0 amide bonds. The van der Waals surface area contributed by atoms with Crippen molar-refractivity contribution in [1.29, 1.82) is 0 Å². The molecule has 0 radical (unpaired) electrons. The number of nitrogens with zero attached hydrogens (tertiary/aromatic N) is 2. The molecule has 1 aromatic carbocycles. The predicted molar refractivity (Wildman–Crippen MR) is 70.7 cm³/mol. The first kappa shape index (κ1) is 13.0. The molecule has 6 nitrogen and oxygen atoms in total. The molecule has 19 heavy (non-hydrogen) atoms. The highest BCUT2D eigenvalue weighted by molar-refractivity contribution is 7.13. The summed E-state index contributed by atoms with van der Waals surface area (Å²) < 4.78 is 5.04. The van der Waals surface area contributed by atoms with Gasteiger partial charge >= 0.3 is 0 Å². The number of hydrogen-bond donors (Lipinski definition) is 1. The molecule has 0 atom stereocenters. The molecular weight excluding hydrogens is 266 g/mol. The number of anilines is 1. The van der Waals surface area contributed by atoms with Gasteiger partial charge in [0.25, 0.3) is 0 Å². The number of carbonyl (C=O) groups excluding carboxylic acids is 1. The first-order valence-electron chi connectivity index (χ1n) is 5.29. The van der Waals surface area contributed by atoms with Crippen LogP contribution in [0.25, 0.3) is 0 Å². The summed E-state index contributed by atoms with van der Waals surface area (Å²) in [6.45, 7) is 0. The summed E-state index contributed by atoms with van der Waals surface area (Å²) >= 11 is 1.14. The van der Waals surface area contributed by atoms with E-state index in [-0.39, 0.29) is 5.69 Å². The molecule has 0 unspecified atom stereocenters. The Hall–Kier alpha value is -2.41. The monoisotopic (exact) mass is 276 g/mol. The van der Waals surface area contributed by atoms with Gasteiger partial charge in [-0.1, -0.05) is 0 Å². The number of nitrogens with one attached hydrogen (secondary N) is 1. The molecule has 0 bridgehead atoms. The van der Waals surface area contributed by atoms with Gasteiger partial charge in [0.05, 0.1) is 25.0 Å². The minimum atomic E-state index is -1.30. The summed E-state index contributed by atoms with van der Waals surface area (Å²) in [7, 11) is 1.60. The SMILES string of the molecule is COc1ccc(/C=N\Nc2nc(C(=O)[O-])cs2)cc1. The van der Waals surface area contributed by atoms with Gasteiger partial charge in [0.1, 0.15) is 5.75 Å². The molecule has 0 aliphatic rings. The molecule has 1 N–H and O–H groups in total. The van der Waals surface area contributed by atoms with Crippen LogP contribution in [0.2, 0.25) is 0 Å². The number of carboxylic acid groups (broad SMARTS) is 1. The molecule has 2 aromatic rings. The van der Waals surface area contributed by atoms with Crippen molar-refractivity contribution >= 4 is 28.7 Å². The normalized spacial score (nSPS) is 10.6. The third kappa shape index (κ3) is 3.52. The average Bonchev–Trinajstić information content (AvgIpc) is 2.89. The van der Waals surface area contributed by atoms with Gasteiger partial charge in [-0.2, -0.15) is 5.10 Å². The fourth-order valence-electron chi connectivity index (χ4n) is 1.27. The number of benzene rings is 1. The van der Waals surface area contributed by atoms with Crippen LogP contribution < -0.4 is 15.3 Å². The van der Waals surface area contributed by atoms with E-state index in [0.29, 0.717) is 5.13 Å². The van der Waals surface area contributed by atoms with Crippen LogP contribution in [0.4, 0.5) is 5.13 Å². The number of hydrazone groups is 1. The number of rotatable bonds is 5. The van der Waals surface area contributed by atoms with Crippen LogP contribution in [0.15, 0.2) is 34.7 Å². The predicted octanol–water partition coefficient (Wildman–Crippen LogP) is 0.961. The zero-order valence-electron chi connectivity index (χ0n) is 9.99. The van der Waals surface area contributed by atoms with Gasteiger partial charge < -0.3 is 14.6 Å². The second-order valence-electron chi connectivity index (χ2n) is 3.47. The van der Waals surface area contributed by atoms with E-state index in [4.69, 9.17) is 4.74 Å². The smallest absolute Gasteiger partial charge is 0.203 e. The molecule has 0 aliphatic heterocycles. The molecule has 0 fully saturated rings. The van der Waals surface area contributed by atoms with E-state index in [9.17, 15) is 9.90 Å². The Labute approximate surface area is 113 Å². The highest BCUT2D eigenvalue weighted by Crippen LogP contribution is 2.14. The van der Waals surface area contributed by atoms with Gasteiger partial charge in [-0.25, -0.2) is 4.98 Å². The third-order valence-corrected chi connectivity index (χ3v) is 2.95.